The normalized spacial score (nSPS) is 12.5. The van der Waals surface area contributed by atoms with Gasteiger partial charge in [-0.25, -0.2) is 0 Å². The highest BCUT2D eigenvalue weighted by atomic mass is 16.1. The molecule has 2 nitrogen and oxygen atoms in total. The summed E-state index contributed by atoms with van der Waals surface area (Å²) in [6.45, 7) is 2.83. The Morgan fingerprint density at radius 2 is 2.25 bits per heavy atom. The molecule has 0 saturated heterocycles. The molecular formula is C8H19B2NO. The molecular weight excluding hydrogens is 148 g/mol. The van der Waals surface area contributed by atoms with Gasteiger partial charge in [0.25, 0.3) is 0 Å². The third kappa shape index (κ3) is 4.60. The molecule has 0 aromatic rings. The molecule has 0 heterocycles. The van der Waals surface area contributed by atoms with Crippen LogP contribution in [0.3, 0.4) is 0 Å². The number of hydrogen-bond acceptors (Lipinski definition) is 2. The first kappa shape index (κ1) is 11.8. The van der Waals surface area contributed by atoms with E-state index in [1.54, 1.807) is 0 Å². The van der Waals surface area contributed by atoms with Crippen molar-refractivity contribution in [1.82, 2.24) is 0 Å². The molecule has 0 saturated carbocycles. The number of carbonyl (C=O) groups is 1. The summed E-state index contributed by atoms with van der Waals surface area (Å²) in [5.74, 6) is 0.293. The third-order valence-electron chi connectivity index (χ3n) is 2.30. The van der Waals surface area contributed by atoms with E-state index in [0.29, 0.717) is 18.8 Å². The first-order valence-electron chi connectivity index (χ1n) is 4.99. The molecule has 0 aromatic carbocycles. The average Bonchev–Trinajstić information content (AvgIpc) is 2.11. The van der Waals surface area contributed by atoms with Crippen LogP contribution < -0.4 is 5.73 Å². The van der Waals surface area contributed by atoms with Crippen LogP contribution in [0.2, 0.25) is 0 Å². The fraction of sp³-hybridized carbons (Fsp3) is 0.875. The van der Waals surface area contributed by atoms with Gasteiger partial charge in [0.2, 0.25) is 0 Å². The summed E-state index contributed by atoms with van der Waals surface area (Å²) in [6, 6.07) is 0. The summed E-state index contributed by atoms with van der Waals surface area (Å²) in [4.78, 5) is 11.3. The fourth-order valence-corrected chi connectivity index (χ4v) is 1.42. The van der Waals surface area contributed by atoms with E-state index in [1.165, 1.54) is 0 Å². The third-order valence-corrected chi connectivity index (χ3v) is 2.30. The van der Waals surface area contributed by atoms with Crippen molar-refractivity contribution in [3.63, 3.8) is 0 Å². The van der Waals surface area contributed by atoms with Crippen LogP contribution in [0.1, 0.15) is 32.6 Å². The van der Waals surface area contributed by atoms with Crippen molar-refractivity contribution in [1.29, 1.82) is 0 Å². The Bertz CT molecular complexity index is 130. The maximum atomic E-state index is 11.3. The second-order valence-electron chi connectivity index (χ2n) is 3.21. The molecule has 0 fully saturated rings. The molecule has 0 amide bonds. The van der Waals surface area contributed by atoms with Crippen LogP contribution in [0.15, 0.2) is 0 Å². The van der Waals surface area contributed by atoms with E-state index in [1.807, 2.05) is 7.74 Å². The standard InChI is InChI=1S/C8H19B2NO/c1-2-7(8(12)10-9)5-3-4-6-11/h7,10H,2-6,9,11H2,1H3/t7-/m0/s1. The molecule has 0 spiro atoms. The van der Waals surface area contributed by atoms with Crippen molar-refractivity contribution < 1.29 is 4.79 Å². The molecule has 0 rings (SSSR count). The molecule has 68 valence electrons. The Labute approximate surface area is 76.9 Å². The molecule has 0 aromatic heterocycles. The van der Waals surface area contributed by atoms with E-state index >= 15 is 0 Å². The van der Waals surface area contributed by atoms with Crippen LogP contribution >= 0.6 is 0 Å². The lowest BCUT2D eigenvalue weighted by molar-refractivity contribution is -0.115. The van der Waals surface area contributed by atoms with Crippen LogP contribution in [0.5, 0.6) is 0 Å². The molecule has 0 radical (unpaired) electrons. The van der Waals surface area contributed by atoms with Crippen molar-refractivity contribution in [2.75, 3.05) is 6.54 Å². The van der Waals surface area contributed by atoms with Crippen molar-refractivity contribution >= 4 is 20.6 Å². The van der Waals surface area contributed by atoms with Crippen LogP contribution in [-0.4, -0.2) is 27.1 Å². The maximum absolute atomic E-state index is 11.3. The quantitative estimate of drug-likeness (QED) is 0.416. The monoisotopic (exact) mass is 167 g/mol. The number of nitrogens with two attached hydrogens (primary N) is 1. The van der Waals surface area contributed by atoms with E-state index in [2.05, 4.69) is 6.92 Å². The molecule has 4 heteroatoms. The molecule has 12 heavy (non-hydrogen) atoms. The lowest BCUT2D eigenvalue weighted by Crippen LogP contribution is -2.20. The number of rotatable bonds is 7. The van der Waals surface area contributed by atoms with Gasteiger partial charge >= 0.3 is 0 Å². The van der Waals surface area contributed by atoms with Gasteiger partial charge in [0.1, 0.15) is 0 Å². The van der Waals surface area contributed by atoms with Crippen molar-refractivity contribution in [3.8, 4) is 0 Å². The Morgan fingerprint density at radius 3 is 2.67 bits per heavy atom. The van der Waals surface area contributed by atoms with Crippen molar-refractivity contribution in [2.45, 2.75) is 32.6 Å². The summed E-state index contributed by atoms with van der Waals surface area (Å²) in [5, 5.41) is 0. The van der Waals surface area contributed by atoms with Crippen LogP contribution in [0.25, 0.3) is 0 Å². The molecule has 0 aliphatic carbocycles. The number of unbranched alkanes of at least 4 members (excludes halogenated alkanes) is 1. The lowest BCUT2D eigenvalue weighted by atomic mass is 9.50. The van der Waals surface area contributed by atoms with E-state index in [0.717, 1.165) is 32.2 Å². The summed E-state index contributed by atoms with van der Waals surface area (Å²) in [5.41, 5.74) is 5.79. The Kier molecular flexibility index (Phi) is 7.26. The zero-order valence-electron chi connectivity index (χ0n) is 8.31. The SMILES string of the molecule is BBC(=O)[C@@H](CC)CCCCN. The smallest absolute Gasteiger partial charge is 0.166 e. The molecule has 0 aliphatic rings. The minimum absolute atomic E-state index is 0.293. The highest BCUT2D eigenvalue weighted by Crippen LogP contribution is 2.12. The van der Waals surface area contributed by atoms with Gasteiger partial charge in [0.05, 0.1) is 13.4 Å². The van der Waals surface area contributed by atoms with Gasteiger partial charge in [-0.05, 0) is 25.8 Å². The fourth-order valence-electron chi connectivity index (χ4n) is 1.42. The minimum Gasteiger partial charge on any atom is -0.330 e. The van der Waals surface area contributed by atoms with Crippen LogP contribution in [-0.2, 0) is 4.79 Å². The maximum Gasteiger partial charge on any atom is 0.166 e. The Hall–Kier alpha value is -0.240. The molecule has 2 N–H and O–H groups in total. The Morgan fingerprint density at radius 1 is 1.58 bits per heavy atom. The van der Waals surface area contributed by atoms with Gasteiger partial charge in [-0.2, -0.15) is 0 Å². The van der Waals surface area contributed by atoms with Gasteiger partial charge in [0.15, 0.2) is 7.17 Å². The second kappa shape index (κ2) is 7.41. The highest BCUT2D eigenvalue weighted by molar-refractivity contribution is 7.08. The average molecular weight is 167 g/mol. The summed E-state index contributed by atoms with van der Waals surface area (Å²) < 4.78 is 0. The highest BCUT2D eigenvalue weighted by Gasteiger charge is 2.13. The predicted molar refractivity (Wildman–Crippen MR) is 57.4 cm³/mol. The van der Waals surface area contributed by atoms with Gasteiger partial charge in [-0.1, -0.05) is 13.3 Å². The molecule has 1 atom stereocenters. The topological polar surface area (TPSA) is 43.1 Å². The number of carbonyl (C=O) groups excluding carboxylic acids is 1. The van der Waals surface area contributed by atoms with Crippen LogP contribution in [0.4, 0.5) is 0 Å². The molecule has 0 unspecified atom stereocenters. The van der Waals surface area contributed by atoms with Crippen molar-refractivity contribution in [2.24, 2.45) is 11.7 Å². The second-order valence-corrected chi connectivity index (χ2v) is 3.21. The van der Waals surface area contributed by atoms with E-state index in [4.69, 9.17) is 5.73 Å². The summed E-state index contributed by atoms with van der Waals surface area (Å²) in [6.07, 6.45) is 4.16. The minimum atomic E-state index is 0.293. The zero-order valence-corrected chi connectivity index (χ0v) is 8.31. The first-order valence-corrected chi connectivity index (χ1v) is 4.99. The van der Waals surface area contributed by atoms with E-state index in [9.17, 15) is 4.79 Å². The zero-order chi connectivity index (χ0) is 9.40. The Balaban J connectivity index is 3.60. The van der Waals surface area contributed by atoms with E-state index < -0.39 is 0 Å². The van der Waals surface area contributed by atoms with Gasteiger partial charge in [0, 0.05) is 5.92 Å². The first-order chi connectivity index (χ1) is 5.76. The summed E-state index contributed by atoms with van der Waals surface area (Å²) >= 11 is 0. The van der Waals surface area contributed by atoms with Gasteiger partial charge in [-0.3, -0.25) is 0 Å². The summed E-state index contributed by atoms with van der Waals surface area (Å²) in [7, 11) is 2.62. The predicted octanol–water partition coefficient (Wildman–Crippen LogP) is -0.347. The van der Waals surface area contributed by atoms with Crippen molar-refractivity contribution in [3.05, 3.63) is 0 Å². The number of hydrogen-bond donors (Lipinski definition) is 1. The molecule has 0 aliphatic heterocycles. The van der Waals surface area contributed by atoms with Gasteiger partial charge in [-0.15, -0.1) is 0 Å². The van der Waals surface area contributed by atoms with Gasteiger partial charge < -0.3 is 10.5 Å². The van der Waals surface area contributed by atoms with E-state index in [-0.39, 0.29) is 0 Å². The molecule has 0 bridgehead atoms. The largest absolute Gasteiger partial charge is 0.330 e. The lowest BCUT2D eigenvalue weighted by Gasteiger charge is -2.11. The van der Waals surface area contributed by atoms with Crippen LogP contribution in [0, 0.1) is 5.92 Å².